The van der Waals surface area contributed by atoms with Crippen molar-refractivity contribution in [3.05, 3.63) is 89.0 Å². The third kappa shape index (κ3) is 5.89. The normalized spacial score (nSPS) is 18.7. The van der Waals surface area contributed by atoms with Gasteiger partial charge in [0.15, 0.2) is 0 Å². The average molecular weight is 505 g/mol. The van der Waals surface area contributed by atoms with E-state index in [1.54, 1.807) is 0 Å². The van der Waals surface area contributed by atoms with Gasteiger partial charge in [-0.2, -0.15) is 0 Å². The van der Waals surface area contributed by atoms with Gasteiger partial charge in [-0.3, -0.25) is 9.69 Å². The van der Waals surface area contributed by atoms with Crippen molar-refractivity contribution in [2.75, 3.05) is 50.7 Å². The predicted molar refractivity (Wildman–Crippen MR) is 144 cm³/mol. The van der Waals surface area contributed by atoms with Crippen molar-refractivity contribution in [2.45, 2.75) is 32.5 Å². The number of rotatable bonds is 8. The summed E-state index contributed by atoms with van der Waals surface area (Å²) in [7, 11) is 2.01. The zero-order valence-corrected chi connectivity index (χ0v) is 21.9. The number of ether oxygens (including phenoxy) is 1. The van der Waals surface area contributed by atoms with Gasteiger partial charge in [-0.15, -0.1) is 0 Å². The molecule has 1 aromatic heterocycles. The Morgan fingerprint density at radius 2 is 1.68 bits per heavy atom. The molecule has 2 aliphatic heterocycles. The van der Waals surface area contributed by atoms with Gasteiger partial charge in [0.1, 0.15) is 11.9 Å². The second-order valence-corrected chi connectivity index (χ2v) is 10.2. The van der Waals surface area contributed by atoms with E-state index >= 15 is 0 Å². The first-order chi connectivity index (χ1) is 18.0. The summed E-state index contributed by atoms with van der Waals surface area (Å²) in [4.78, 5) is 20.4. The van der Waals surface area contributed by atoms with Gasteiger partial charge in [0.25, 0.3) is 5.91 Å². The molecule has 6 nitrogen and oxygen atoms in total. The average Bonchev–Trinajstić information content (AvgIpc) is 3.13. The van der Waals surface area contributed by atoms with Crippen LogP contribution in [-0.2, 0) is 18.4 Å². The number of piperazine rings is 1. The summed E-state index contributed by atoms with van der Waals surface area (Å²) in [6.45, 7) is 8.78. The van der Waals surface area contributed by atoms with Crippen molar-refractivity contribution >= 4 is 11.6 Å². The van der Waals surface area contributed by atoms with Gasteiger partial charge in [-0.1, -0.05) is 30.3 Å². The van der Waals surface area contributed by atoms with Gasteiger partial charge in [-0.25, -0.2) is 4.39 Å². The van der Waals surface area contributed by atoms with Crippen molar-refractivity contribution in [3.63, 3.8) is 0 Å². The standard InChI is InChI=1S/C30H37FN4O2/c1-23-21-32(2)29-27(37-22-24-7-4-3-5-8-24)13-16-35(30(36)28(23)29)15-6-14-33-17-19-34(20-18-33)26-11-9-25(31)10-12-26/h3-5,7-12,21,27H,6,13-20,22H2,1-2H3. The number of hydrogen-bond acceptors (Lipinski definition) is 4. The minimum Gasteiger partial charge on any atom is -0.369 e. The van der Waals surface area contributed by atoms with Gasteiger partial charge >= 0.3 is 0 Å². The minimum absolute atomic E-state index is 0.109. The monoisotopic (exact) mass is 504 g/mol. The number of fused-ring (bicyclic) bond motifs is 1. The van der Waals surface area contributed by atoms with Crippen LogP contribution in [0.3, 0.4) is 0 Å². The molecule has 1 fully saturated rings. The fraction of sp³-hybridized carbons (Fsp3) is 0.433. The molecular formula is C30H37FN4O2. The summed E-state index contributed by atoms with van der Waals surface area (Å²) >= 11 is 0. The summed E-state index contributed by atoms with van der Waals surface area (Å²) in [5, 5.41) is 0. The lowest BCUT2D eigenvalue weighted by atomic mass is 10.1. The quantitative estimate of drug-likeness (QED) is 0.442. The molecule has 0 saturated carbocycles. The van der Waals surface area contributed by atoms with Crippen LogP contribution in [0.2, 0.25) is 0 Å². The Balaban J connectivity index is 1.16. The minimum atomic E-state index is -0.197. The fourth-order valence-electron chi connectivity index (χ4n) is 5.65. The van der Waals surface area contributed by atoms with E-state index in [1.807, 2.05) is 55.4 Å². The van der Waals surface area contributed by atoms with Crippen molar-refractivity contribution in [2.24, 2.45) is 7.05 Å². The summed E-state index contributed by atoms with van der Waals surface area (Å²) in [6.07, 6.45) is 3.67. The maximum Gasteiger partial charge on any atom is 0.256 e. The molecule has 1 amide bonds. The maximum atomic E-state index is 13.6. The van der Waals surface area contributed by atoms with Gasteiger partial charge in [-0.05, 0) is 61.7 Å². The smallest absolute Gasteiger partial charge is 0.256 e. The number of carbonyl (C=O) groups excluding carboxylic acids is 1. The molecule has 1 saturated heterocycles. The highest BCUT2D eigenvalue weighted by molar-refractivity contribution is 5.97. The molecule has 196 valence electrons. The lowest BCUT2D eigenvalue weighted by molar-refractivity contribution is 0.0261. The van der Waals surface area contributed by atoms with Gasteiger partial charge in [0.2, 0.25) is 0 Å². The topological polar surface area (TPSA) is 41.0 Å². The molecular weight excluding hydrogens is 467 g/mol. The van der Waals surface area contributed by atoms with Gasteiger partial charge in [0.05, 0.1) is 17.9 Å². The number of nitrogens with zero attached hydrogens (tertiary/aromatic N) is 4. The number of benzene rings is 2. The van der Waals surface area contributed by atoms with Crippen molar-refractivity contribution in [3.8, 4) is 0 Å². The van der Waals surface area contributed by atoms with Crippen LogP contribution in [0.1, 0.15) is 46.1 Å². The first kappa shape index (κ1) is 25.5. The van der Waals surface area contributed by atoms with E-state index in [0.717, 1.165) is 80.2 Å². The van der Waals surface area contributed by atoms with Crippen LogP contribution < -0.4 is 4.90 Å². The molecule has 0 spiro atoms. The third-order valence-corrected chi connectivity index (χ3v) is 7.65. The molecule has 0 N–H and O–H groups in total. The summed E-state index contributed by atoms with van der Waals surface area (Å²) < 4.78 is 21.7. The van der Waals surface area contributed by atoms with Crippen LogP contribution in [0.15, 0.2) is 60.8 Å². The second-order valence-electron chi connectivity index (χ2n) is 10.2. The lowest BCUT2D eigenvalue weighted by Crippen LogP contribution is -2.47. The Morgan fingerprint density at radius 1 is 0.946 bits per heavy atom. The zero-order chi connectivity index (χ0) is 25.8. The maximum absolute atomic E-state index is 13.6. The van der Waals surface area contributed by atoms with E-state index in [2.05, 4.69) is 26.5 Å². The Morgan fingerprint density at radius 3 is 2.41 bits per heavy atom. The van der Waals surface area contributed by atoms with E-state index in [9.17, 15) is 9.18 Å². The van der Waals surface area contributed by atoms with Crippen molar-refractivity contribution in [1.29, 1.82) is 0 Å². The van der Waals surface area contributed by atoms with E-state index in [-0.39, 0.29) is 17.8 Å². The number of amides is 1. The molecule has 3 aromatic rings. The van der Waals surface area contributed by atoms with Gasteiger partial charge < -0.3 is 19.1 Å². The van der Waals surface area contributed by atoms with Crippen molar-refractivity contribution < 1.29 is 13.9 Å². The molecule has 2 aromatic carbocycles. The number of halogens is 1. The first-order valence-electron chi connectivity index (χ1n) is 13.3. The Hall–Kier alpha value is -3.16. The Bertz CT molecular complexity index is 1190. The predicted octanol–water partition coefficient (Wildman–Crippen LogP) is 4.79. The SMILES string of the molecule is Cc1cn(C)c2c1C(=O)N(CCCN1CCN(c3ccc(F)cc3)CC1)CCC2OCc1ccccc1. The first-order valence-corrected chi connectivity index (χ1v) is 13.3. The molecule has 1 atom stereocenters. The van der Waals surface area contributed by atoms with Gasteiger partial charge in [0, 0.05) is 58.2 Å². The van der Waals surface area contributed by atoms with Crippen LogP contribution in [-0.4, -0.2) is 66.1 Å². The highest BCUT2D eigenvalue weighted by atomic mass is 19.1. The van der Waals surface area contributed by atoms with Crippen LogP contribution in [0.4, 0.5) is 10.1 Å². The number of carbonyl (C=O) groups is 1. The summed E-state index contributed by atoms with van der Waals surface area (Å²) in [6, 6.07) is 17.0. The number of aryl methyl sites for hydroxylation is 2. The number of aromatic nitrogens is 1. The third-order valence-electron chi connectivity index (χ3n) is 7.65. The molecule has 1 unspecified atom stereocenters. The van der Waals surface area contributed by atoms with Crippen LogP contribution >= 0.6 is 0 Å². The molecule has 0 radical (unpaired) electrons. The zero-order valence-electron chi connectivity index (χ0n) is 21.9. The molecule has 3 heterocycles. The van der Waals surface area contributed by atoms with Crippen LogP contribution in [0, 0.1) is 12.7 Å². The molecule has 0 bridgehead atoms. The van der Waals surface area contributed by atoms with E-state index in [0.29, 0.717) is 13.2 Å². The molecule has 2 aliphatic rings. The van der Waals surface area contributed by atoms with E-state index in [1.165, 1.54) is 12.1 Å². The largest absolute Gasteiger partial charge is 0.369 e. The van der Waals surface area contributed by atoms with Crippen molar-refractivity contribution in [1.82, 2.24) is 14.4 Å². The molecule has 5 rings (SSSR count). The highest BCUT2D eigenvalue weighted by Crippen LogP contribution is 2.33. The number of anilines is 1. The Kier molecular flexibility index (Phi) is 7.91. The van der Waals surface area contributed by atoms with Crippen LogP contribution in [0.5, 0.6) is 0 Å². The summed E-state index contributed by atoms with van der Waals surface area (Å²) in [5.74, 6) is -0.0719. The van der Waals surface area contributed by atoms with Crippen LogP contribution in [0.25, 0.3) is 0 Å². The van der Waals surface area contributed by atoms with E-state index < -0.39 is 0 Å². The molecule has 7 heteroatoms. The highest BCUT2D eigenvalue weighted by Gasteiger charge is 2.32. The lowest BCUT2D eigenvalue weighted by Gasteiger charge is -2.36. The molecule has 0 aliphatic carbocycles. The number of hydrogen-bond donors (Lipinski definition) is 0. The van der Waals surface area contributed by atoms with E-state index in [4.69, 9.17) is 4.74 Å². The summed E-state index contributed by atoms with van der Waals surface area (Å²) in [5.41, 5.74) is 5.04. The fourth-order valence-corrected chi connectivity index (χ4v) is 5.65. The Labute approximate surface area is 219 Å². The second kappa shape index (κ2) is 11.5. The molecule has 37 heavy (non-hydrogen) atoms.